The lowest BCUT2D eigenvalue weighted by Crippen LogP contribution is -2.32. The van der Waals surface area contributed by atoms with Crippen molar-refractivity contribution in [2.24, 2.45) is 0 Å². The number of likely N-dealkylation sites (N-methyl/N-ethyl adjacent to an activating group) is 1. The van der Waals surface area contributed by atoms with Crippen LogP contribution in [0.15, 0.2) is 17.5 Å². The van der Waals surface area contributed by atoms with Gasteiger partial charge in [-0.05, 0) is 24.9 Å². The van der Waals surface area contributed by atoms with Crippen molar-refractivity contribution in [1.29, 1.82) is 0 Å². The zero-order valence-corrected chi connectivity index (χ0v) is 11.1. The fraction of sp³-hybridized carbons (Fsp3) is 0.667. The molecule has 1 heterocycles. The van der Waals surface area contributed by atoms with Gasteiger partial charge >= 0.3 is 0 Å². The average Bonchev–Trinajstić information content (AvgIpc) is 2.79. The Morgan fingerprint density at radius 2 is 2.25 bits per heavy atom. The van der Waals surface area contributed by atoms with Crippen LogP contribution in [0.3, 0.4) is 0 Å². The Morgan fingerprint density at radius 3 is 2.94 bits per heavy atom. The van der Waals surface area contributed by atoms with Crippen molar-refractivity contribution >= 4 is 11.3 Å². The third kappa shape index (κ3) is 6.23. The first-order chi connectivity index (χ1) is 7.83. The molecular weight excluding hydrogens is 220 g/mol. The lowest BCUT2D eigenvalue weighted by atomic mass is 10.3. The normalized spacial score (nSPS) is 11.2. The predicted octanol–water partition coefficient (Wildman–Crippen LogP) is 1.46. The number of thiophene rings is 1. The summed E-state index contributed by atoms with van der Waals surface area (Å²) >= 11 is 1.83. The maximum Gasteiger partial charge on any atom is 0.0589 e. The highest BCUT2D eigenvalue weighted by molar-refractivity contribution is 7.09. The average molecular weight is 242 g/mol. The van der Waals surface area contributed by atoms with E-state index in [9.17, 15) is 0 Å². The lowest BCUT2D eigenvalue weighted by molar-refractivity contribution is 0.161. The van der Waals surface area contributed by atoms with Crippen molar-refractivity contribution in [1.82, 2.24) is 10.2 Å². The number of methoxy groups -OCH3 is 1. The van der Waals surface area contributed by atoms with Crippen molar-refractivity contribution in [3.8, 4) is 0 Å². The summed E-state index contributed by atoms with van der Waals surface area (Å²) in [6.07, 6.45) is 1.14. The first-order valence-electron chi connectivity index (χ1n) is 5.73. The molecule has 1 rings (SSSR count). The van der Waals surface area contributed by atoms with Crippen LogP contribution in [-0.2, 0) is 11.2 Å². The van der Waals surface area contributed by atoms with Gasteiger partial charge in [0.2, 0.25) is 0 Å². The van der Waals surface area contributed by atoms with Gasteiger partial charge in [0.1, 0.15) is 0 Å². The van der Waals surface area contributed by atoms with Crippen LogP contribution < -0.4 is 5.32 Å². The molecule has 0 bridgehead atoms. The Kier molecular flexibility index (Phi) is 7.42. The van der Waals surface area contributed by atoms with Crippen molar-refractivity contribution in [3.05, 3.63) is 22.4 Å². The molecule has 0 atom stereocenters. The Hall–Kier alpha value is -0.420. The third-order valence-corrected chi connectivity index (χ3v) is 3.41. The quantitative estimate of drug-likeness (QED) is 0.664. The molecule has 1 aromatic rings. The summed E-state index contributed by atoms with van der Waals surface area (Å²) in [7, 11) is 3.87. The van der Waals surface area contributed by atoms with E-state index in [2.05, 4.69) is 34.8 Å². The van der Waals surface area contributed by atoms with Crippen LogP contribution in [0.2, 0.25) is 0 Å². The highest BCUT2D eigenvalue weighted by atomic mass is 32.1. The molecule has 0 aromatic carbocycles. The zero-order chi connectivity index (χ0) is 11.6. The molecule has 0 amide bonds. The van der Waals surface area contributed by atoms with E-state index in [1.165, 1.54) is 4.88 Å². The fourth-order valence-electron chi connectivity index (χ4n) is 1.42. The number of hydrogen-bond donors (Lipinski definition) is 1. The van der Waals surface area contributed by atoms with E-state index in [1.807, 2.05) is 11.3 Å². The molecule has 0 spiro atoms. The van der Waals surface area contributed by atoms with E-state index in [0.29, 0.717) is 0 Å². The molecule has 0 radical (unpaired) electrons. The Labute approximate surface area is 102 Å². The summed E-state index contributed by atoms with van der Waals surface area (Å²) in [5, 5.41) is 5.59. The van der Waals surface area contributed by atoms with Gasteiger partial charge in [-0.2, -0.15) is 0 Å². The first-order valence-corrected chi connectivity index (χ1v) is 6.61. The van der Waals surface area contributed by atoms with Gasteiger partial charge in [0.05, 0.1) is 6.61 Å². The van der Waals surface area contributed by atoms with Crippen molar-refractivity contribution in [3.63, 3.8) is 0 Å². The standard InChI is InChI=1S/C12H22N2OS/c1-14(9-10-15-2)8-7-13-6-5-12-4-3-11-16-12/h3-4,11,13H,5-10H2,1-2H3. The number of nitrogens with one attached hydrogen (secondary N) is 1. The largest absolute Gasteiger partial charge is 0.383 e. The third-order valence-electron chi connectivity index (χ3n) is 2.48. The SMILES string of the molecule is COCCN(C)CCNCCc1cccs1. The number of hydrogen-bond acceptors (Lipinski definition) is 4. The van der Waals surface area contributed by atoms with Crippen molar-refractivity contribution in [2.45, 2.75) is 6.42 Å². The summed E-state index contributed by atoms with van der Waals surface area (Å²) in [6.45, 7) is 5.01. The number of nitrogens with zero attached hydrogens (tertiary/aromatic N) is 1. The molecule has 0 fully saturated rings. The van der Waals surface area contributed by atoms with Crippen LogP contribution in [0.4, 0.5) is 0 Å². The van der Waals surface area contributed by atoms with E-state index in [0.717, 1.165) is 39.2 Å². The van der Waals surface area contributed by atoms with E-state index >= 15 is 0 Å². The molecule has 1 aromatic heterocycles. The molecule has 0 saturated heterocycles. The molecule has 16 heavy (non-hydrogen) atoms. The topological polar surface area (TPSA) is 24.5 Å². The number of rotatable bonds is 9. The van der Waals surface area contributed by atoms with Crippen LogP contribution in [0.5, 0.6) is 0 Å². The zero-order valence-electron chi connectivity index (χ0n) is 10.2. The van der Waals surface area contributed by atoms with Gasteiger partial charge in [0.25, 0.3) is 0 Å². The van der Waals surface area contributed by atoms with Gasteiger partial charge in [-0.25, -0.2) is 0 Å². The summed E-state index contributed by atoms with van der Waals surface area (Å²) in [4.78, 5) is 3.74. The van der Waals surface area contributed by atoms with E-state index in [1.54, 1.807) is 7.11 Å². The molecule has 4 heteroatoms. The molecule has 0 aliphatic carbocycles. The van der Waals surface area contributed by atoms with Gasteiger partial charge in [-0.15, -0.1) is 11.3 Å². The van der Waals surface area contributed by atoms with E-state index in [-0.39, 0.29) is 0 Å². The molecule has 3 nitrogen and oxygen atoms in total. The minimum Gasteiger partial charge on any atom is -0.383 e. The highest BCUT2D eigenvalue weighted by Crippen LogP contribution is 2.07. The highest BCUT2D eigenvalue weighted by Gasteiger charge is 1.97. The van der Waals surface area contributed by atoms with Crippen LogP contribution in [0.1, 0.15) is 4.88 Å². The molecule has 0 aliphatic rings. The van der Waals surface area contributed by atoms with Gasteiger partial charge in [-0.3, -0.25) is 0 Å². The van der Waals surface area contributed by atoms with Crippen molar-refractivity contribution in [2.75, 3.05) is 46.9 Å². The second-order valence-electron chi connectivity index (χ2n) is 3.88. The second kappa shape index (κ2) is 8.70. The lowest BCUT2D eigenvalue weighted by Gasteiger charge is -2.15. The van der Waals surface area contributed by atoms with E-state index in [4.69, 9.17) is 4.74 Å². The summed E-state index contributed by atoms with van der Waals surface area (Å²) in [5.74, 6) is 0. The van der Waals surface area contributed by atoms with Gasteiger partial charge < -0.3 is 15.0 Å². The van der Waals surface area contributed by atoms with E-state index < -0.39 is 0 Å². The predicted molar refractivity (Wildman–Crippen MR) is 70.3 cm³/mol. The minimum absolute atomic E-state index is 0.811. The molecular formula is C12H22N2OS. The molecule has 0 aliphatic heterocycles. The minimum atomic E-state index is 0.811. The summed E-state index contributed by atoms with van der Waals surface area (Å²) < 4.78 is 5.03. The maximum absolute atomic E-state index is 5.03. The smallest absolute Gasteiger partial charge is 0.0589 e. The van der Waals surface area contributed by atoms with Crippen LogP contribution in [-0.4, -0.2) is 51.8 Å². The van der Waals surface area contributed by atoms with Crippen molar-refractivity contribution < 1.29 is 4.74 Å². The summed E-state index contributed by atoms with van der Waals surface area (Å²) in [5.41, 5.74) is 0. The Balaban J connectivity index is 1.91. The van der Waals surface area contributed by atoms with Crippen LogP contribution in [0, 0.1) is 0 Å². The number of ether oxygens (including phenoxy) is 1. The molecule has 1 N–H and O–H groups in total. The summed E-state index contributed by atoms with van der Waals surface area (Å²) in [6, 6.07) is 4.30. The van der Waals surface area contributed by atoms with Crippen LogP contribution >= 0.6 is 11.3 Å². The van der Waals surface area contributed by atoms with Gasteiger partial charge in [-0.1, -0.05) is 6.07 Å². The monoisotopic (exact) mass is 242 g/mol. The molecule has 92 valence electrons. The Morgan fingerprint density at radius 1 is 1.38 bits per heavy atom. The first kappa shape index (κ1) is 13.6. The van der Waals surface area contributed by atoms with Gasteiger partial charge in [0.15, 0.2) is 0 Å². The fourth-order valence-corrected chi connectivity index (χ4v) is 2.13. The molecule has 0 unspecified atom stereocenters. The second-order valence-corrected chi connectivity index (χ2v) is 4.91. The maximum atomic E-state index is 5.03. The van der Waals surface area contributed by atoms with Gasteiger partial charge in [0, 0.05) is 38.2 Å². The molecule has 0 saturated carbocycles. The van der Waals surface area contributed by atoms with Crippen LogP contribution in [0.25, 0.3) is 0 Å². The Bertz CT molecular complexity index is 252.